The van der Waals surface area contributed by atoms with Crippen LogP contribution in [0.15, 0.2) is 22.8 Å². The Labute approximate surface area is 83.9 Å². The summed E-state index contributed by atoms with van der Waals surface area (Å²) in [7, 11) is 0. The summed E-state index contributed by atoms with van der Waals surface area (Å²) in [6.07, 6.45) is 4.00. The molecule has 2 nitrogen and oxygen atoms in total. The molecule has 74 valence electrons. The molecule has 3 heteroatoms. The third-order valence-corrected chi connectivity index (χ3v) is 3.48. The predicted molar refractivity (Wildman–Crippen MR) is 57.8 cm³/mol. The molecule has 0 fully saturated rings. The Balaban J connectivity index is 2.23. The van der Waals surface area contributed by atoms with Crippen LogP contribution in [0.4, 0.5) is 0 Å². The van der Waals surface area contributed by atoms with Crippen LogP contribution in [-0.2, 0) is 5.75 Å². The molecule has 0 saturated heterocycles. The lowest BCUT2D eigenvalue weighted by Gasteiger charge is -2.11. The molecule has 0 aliphatic rings. The molecule has 0 aliphatic heterocycles. The van der Waals surface area contributed by atoms with Gasteiger partial charge in [-0.3, -0.25) is 0 Å². The number of nitrogens with two attached hydrogens (primary N) is 1. The first-order chi connectivity index (χ1) is 6.36. The van der Waals surface area contributed by atoms with Gasteiger partial charge in [0.2, 0.25) is 0 Å². The summed E-state index contributed by atoms with van der Waals surface area (Å²) in [5.74, 6) is 2.02. The van der Waals surface area contributed by atoms with Crippen LogP contribution >= 0.6 is 11.8 Å². The van der Waals surface area contributed by atoms with E-state index in [4.69, 9.17) is 10.2 Å². The fourth-order valence-corrected chi connectivity index (χ4v) is 2.29. The summed E-state index contributed by atoms with van der Waals surface area (Å²) in [6.45, 7) is 2.99. The van der Waals surface area contributed by atoms with Crippen molar-refractivity contribution in [2.24, 2.45) is 5.73 Å². The summed E-state index contributed by atoms with van der Waals surface area (Å²) < 4.78 is 5.25. The molecule has 1 rings (SSSR count). The molecule has 0 aromatic carbocycles. The smallest absolute Gasteiger partial charge is 0.113 e. The topological polar surface area (TPSA) is 39.2 Å². The van der Waals surface area contributed by atoms with Gasteiger partial charge in [-0.2, -0.15) is 11.8 Å². The second-order valence-electron chi connectivity index (χ2n) is 3.00. The standard InChI is InChI=1S/C10H17NOS/c1-2-10(5-6-11)13-8-9-4-3-7-12-9/h3-4,7,10H,2,5-6,8,11H2,1H3. The van der Waals surface area contributed by atoms with E-state index in [0.29, 0.717) is 5.25 Å². The zero-order chi connectivity index (χ0) is 9.52. The van der Waals surface area contributed by atoms with Crippen LogP contribution in [0.25, 0.3) is 0 Å². The average molecular weight is 199 g/mol. The Morgan fingerprint density at radius 1 is 1.62 bits per heavy atom. The van der Waals surface area contributed by atoms with Gasteiger partial charge in [-0.05, 0) is 31.5 Å². The highest BCUT2D eigenvalue weighted by atomic mass is 32.2. The largest absolute Gasteiger partial charge is 0.468 e. The molecule has 0 bridgehead atoms. The lowest BCUT2D eigenvalue weighted by atomic mass is 10.2. The molecule has 0 aliphatic carbocycles. The van der Waals surface area contributed by atoms with E-state index in [-0.39, 0.29) is 0 Å². The highest BCUT2D eigenvalue weighted by Crippen LogP contribution is 2.22. The molecule has 1 aromatic rings. The van der Waals surface area contributed by atoms with Crippen molar-refractivity contribution in [1.82, 2.24) is 0 Å². The van der Waals surface area contributed by atoms with Crippen LogP contribution in [0.3, 0.4) is 0 Å². The Bertz CT molecular complexity index is 211. The van der Waals surface area contributed by atoms with Crippen LogP contribution in [0.1, 0.15) is 25.5 Å². The second kappa shape index (κ2) is 6.11. The molecular weight excluding hydrogens is 182 g/mol. The summed E-state index contributed by atoms with van der Waals surface area (Å²) in [6, 6.07) is 3.95. The highest BCUT2D eigenvalue weighted by molar-refractivity contribution is 7.99. The van der Waals surface area contributed by atoms with Gasteiger partial charge < -0.3 is 10.2 Å². The number of rotatable bonds is 6. The van der Waals surface area contributed by atoms with Crippen molar-refractivity contribution in [3.8, 4) is 0 Å². The fourth-order valence-electron chi connectivity index (χ4n) is 1.19. The quantitative estimate of drug-likeness (QED) is 0.765. The molecule has 0 radical (unpaired) electrons. The van der Waals surface area contributed by atoms with Gasteiger partial charge in [0.05, 0.1) is 12.0 Å². The zero-order valence-corrected chi connectivity index (χ0v) is 8.85. The van der Waals surface area contributed by atoms with Gasteiger partial charge in [0.1, 0.15) is 5.76 Å². The Kier molecular flexibility index (Phi) is 5.01. The maximum atomic E-state index is 5.52. The first-order valence-corrected chi connectivity index (χ1v) is 5.75. The van der Waals surface area contributed by atoms with E-state index < -0.39 is 0 Å². The minimum Gasteiger partial charge on any atom is -0.468 e. The molecule has 2 N–H and O–H groups in total. The Hall–Kier alpha value is -0.410. The lowest BCUT2D eigenvalue weighted by molar-refractivity contribution is 0.530. The van der Waals surface area contributed by atoms with Crippen molar-refractivity contribution in [1.29, 1.82) is 0 Å². The SMILES string of the molecule is CCC(CCN)SCc1ccco1. The van der Waals surface area contributed by atoms with Crippen molar-refractivity contribution in [2.45, 2.75) is 30.8 Å². The Morgan fingerprint density at radius 3 is 3.00 bits per heavy atom. The number of thioether (sulfide) groups is 1. The average Bonchev–Trinajstić information content (AvgIpc) is 2.64. The van der Waals surface area contributed by atoms with Crippen molar-refractivity contribution in [3.05, 3.63) is 24.2 Å². The third-order valence-electron chi connectivity index (χ3n) is 1.99. The van der Waals surface area contributed by atoms with Gasteiger partial charge in [-0.25, -0.2) is 0 Å². The number of furan rings is 1. The van der Waals surface area contributed by atoms with Crippen LogP contribution in [0, 0.1) is 0 Å². The van der Waals surface area contributed by atoms with E-state index in [1.165, 1.54) is 6.42 Å². The van der Waals surface area contributed by atoms with E-state index in [2.05, 4.69) is 6.92 Å². The zero-order valence-electron chi connectivity index (χ0n) is 8.03. The van der Waals surface area contributed by atoms with Crippen molar-refractivity contribution >= 4 is 11.8 Å². The Morgan fingerprint density at radius 2 is 2.46 bits per heavy atom. The van der Waals surface area contributed by atoms with Crippen molar-refractivity contribution < 1.29 is 4.42 Å². The molecule has 0 saturated carbocycles. The molecule has 1 heterocycles. The first-order valence-electron chi connectivity index (χ1n) is 4.70. The molecule has 0 amide bonds. The van der Waals surface area contributed by atoms with E-state index in [1.54, 1.807) is 6.26 Å². The van der Waals surface area contributed by atoms with Crippen LogP contribution in [-0.4, -0.2) is 11.8 Å². The van der Waals surface area contributed by atoms with E-state index in [9.17, 15) is 0 Å². The van der Waals surface area contributed by atoms with Crippen LogP contribution in [0.5, 0.6) is 0 Å². The maximum absolute atomic E-state index is 5.52. The van der Waals surface area contributed by atoms with E-state index in [0.717, 1.165) is 24.5 Å². The van der Waals surface area contributed by atoms with Crippen LogP contribution in [0.2, 0.25) is 0 Å². The summed E-state index contributed by atoms with van der Waals surface area (Å²) in [4.78, 5) is 0. The summed E-state index contributed by atoms with van der Waals surface area (Å²) in [5.41, 5.74) is 5.52. The molecule has 1 atom stereocenters. The van der Waals surface area contributed by atoms with Gasteiger partial charge in [0, 0.05) is 5.25 Å². The van der Waals surface area contributed by atoms with E-state index >= 15 is 0 Å². The number of hydrogen-bond acceptors (Lipinski definition) is 3. The van der Waals surface area contributed by atoms with Gasteiger partial charge in [-0.1, -0.05) is 6.92 Å². The van der Waals surface area contributed by atoms with Gasteiger partial charge >= 0.3 is 0 Å². The second-order valence-corrected chi connectivity index (χ2v) is 4.29. The minimum absolute atomic E-state index is 0.676. The maximum Gasteiger partial charge on any atom is 0.113 e. The normalized spacial score (nSPS) is 13.1. The fraction of sp³-hybridized carbons (Fsp3) is 0.600. The first kappa shape index (κ1) is 10.7. The summed E-state index contributed by atoms with van der Waals surface area (Å²) in [5, 5.41) is 0.676. The molecule has 0 spiro atoms. The van der Waals surface area contributed by atoms with Crippen molar-refractivity contribution in [3.63, 3.8) is 0 Å². The van der Waals surface area contributed by atoms with Gasteiger partial charge in [0.15, 0.2) is 0 Å². The third kappa shape index (κ3) is 3.87. The monoisotopic (exact) mass is 199 g/mol. The van der Waals surface area contributed by atoms with E-state index in [1.807, 2.05) is 23.9 Å². The minimum atomic E-state index is 0.676. The molecule has 13 heavy (non-hydrogen) atoms. The number of hydrogen-bond donors (Lipinski definition) is 1. The van der Waals surface area contributed by atoms with Crippen LogP contribution < -0.4 is 5.73 Å². The molecular formula is C10H17NOS. The highest BCUT2D eigenvalue weighted by Gasteiger charge is 2.06. The van der Waals surface area contributed by atoms with Gasteiger partial charge in [0.25, 0.3) is 0 Å². The lowest BCUT2D eigenvalue weighted by Crippen LogP contribution is -2.09. The van der Waals surface area contributed by atoms with Crippen molar-refractivity contribution in [2.75, 3.05) is 6.54 Å². The molecule has 1 unspecified atom stereocenters. The summed E-state index contributed by atoms with van der Waals surface area (Å²) >= 11 is 1.93. The molecule has 1 aromatic heterocycles. The predicted octanol–water partition coefficient (Wildman–Crippen LogP) is 2.64. The van der Waals surface area contributed by atoms with Gasteiger partial charge in [-0.15, -0.1) is 0 Å².